The molecule has 22 heavy (non-hydrogen) atoms. The van der Waals surface area contributed by atoms with Crippen molar-refractivity contribution in [1.82, 2.24) is 15.0 Å². The van der Waals surface area contributed by atoms with Gasteiger partial charge < -0.3 is 15.2 Å². The predicted molar refractivity (Wildman–Crippen MR) is 87.8 cm³/mol. The molecule has 1 amide bonds. The van der Waals surface area contributed by atoms with Gasteiger partial charge in [0.2, 0.25) is 5.91 Å². The van der Waals surface area contributed by atoms with E-state index in [2.05, 4.69) is 17.0 Å². The number of rotatable bonds is 5. The van der Waals surface area contributed by atoms with E-state index in [4.69, 9.17) is 10.3 Å². The molecular weight excluding hydrogens is 304 g/mol. The zero-order chi connectivity index (χ0) is 15.4. The fourth-order valence-corrected chi connectivity index (χ4v) is 2.55. The fraction of sp³-hybridized carbons (Fsp3) is 0.733. The summed E-state index contributed by atoms with van der Waals surface area (Å²) in [6.45, 7) is 9.92. The minimum atomic E-state index is -0.376. The average Bonchev–Trinajstić information content (AvgIpc) is 2.90. The standard InChI is InChI=1S/C15H26N4O2.ClH/c1-4-11(2)14(16)15(20)19-7-5-18(6-8-19)10-13-9-12(3)17-21-13;/h9,11,14H,4-8,10,16H2,1-3H3;1H. The lowest BCUT2D eigenvalue weighted by Gasteiger charge is -2.36. The molecule has 0 bridgehead atoms. The second-order valence-corrected chi connectivity index (χ2v) is 5.95. The summed E-state index contributed by atoms with van der Waals surface area (Å²) in [5.41, 5.74) is 6.94. The SMILES string of the molecule is CCC(C)C(N)C(=O)N1CCN(Cc2cc(C)no2)CC1.Cl. The topological polar surface area (TPSA) is 75.6 Å². The zero-order valence-corrected chi connectivity index (χ0v) is 14.4. The van der Waals surface area contributed by atoms with Crippen molar-refractivity contribution in [3.8, 4) is 0 Å². The normalized spacial score (nSPS) is 18.6. The third-order valence-electron chi connectivity index (χ3n) is 4.28. The van der Waals surface area contributed by atoms with Crippen LogP contribution in [0.15, 0.2) is 10.6 Å². The summed E-state index contributed by atoms with van der Waals surface area (Å²) in [6.07, 6.45) is 0.928. The Kier molecular flexibility index (Phi) is 7.32. The van der Waals surface area contributed by atoms with E-state index in [0.717, 1.165) is 50.6 Å². The Hall–Kier alpha value is -1.11. The predicted octanol–water partition coefficient (Wildman–Crippen LogP) is 1.42. The maximum absolute atomic E-state index is 12.3. The summed E-state index contributed by atoms with van der Waals surface area (Å²) in [5.74, 6) is 1.19. The van der Waals surface area contributed by atoms with E-state index in [-0.39, 0.29) is 30.3 Å². The summed E-state index contributed by atoms with van der Waals surface area (Å²) < 4.78 is 5.23. The summed E-state index contributed by atoms with van der Waals surface area (Å²) in [6, 6.07) is 1.58. The van der Waals surface area contributed by atoms with Crippen molar-refractivity contribution in [3.05, 3.63) is 17.5 Å². The fourth-order valence-electron chi connectivity index (χ4n) is 2.55. The van der Waals surface area contributed by atoms with Crippen LogP contribution in [0.1, 0.15) is 31.7 Å². The first-order chi connectivity index (χ1) is 10.0. The number of piperazine rings is 1. The summed E-state index contributed by atoms with van der Waals surface area (Å²) in [5, 5.41) is 3.89. The van der Waals surface area contributed by atoms with E-state index in [1.807, 2.05) is 24.8 Å². The van der Waals surface area contributed by atoms with Crippen molar-refractivity contribution in [1.29, 1.82) is 0 Å². The number of hydrogen-bond acceptors (Lipinski definition) is 5. The number of aryl methyl sites for hydroxylation is 1. The Morgan fingerprint density at radius 2 is 2.05 bits per heavy atom. The minimum absolute atomic E-state index is 0. The van der Waals surface area contributed by atoms with Crippen LogP contribution in [0.25, 0.3) is 0 Å². The first-order valence-electron chi connectivity index (χ1n) is 7.70. The summed E-state index contributed by atoms with van der Waals surface area (Å²) in [7, 11) is 0. The van der Waals surface area contributed by atoms with Crippen LogP contribution in [-0.4, -0.2) is 53.1 Å². The Morgan fingerprint density at radius 3 is 2.55 bits per heavy atom. The number of carbonyl (C=O) groups excluding carboxylic acids is 1. The molecule has 1 aliphatic rings. The van der Waals surface area contributed by atoms with Gasteiger partial charge >= 0.3 is 0 Å². The molecule has 1 aromatic heterocycles. The Balaban J connectivity index is 0.00000242. The second-order valence-electron chi connectivity index (χ2n) is 5.95. The maximum Gasteiger partial charge on any atom is 0.239 e. The van der Waals surface area contributed by atoms with Crippen LogP contribution in [0.2, 0.25) is 0 Å². The number of carbonyl (C=O) groups is 1. The zero-order valence-electron chi connectivity index (χ0n) is 13.6. The highest BCUT2D eigenvalue weighted by Crippen LogP contribution is 2.13. The summed E-state index contributed by atoms with van der Waals surface area (Å²) >= 11 is 0. The molecule has 1 fully saturated rings. The molecule has 126 valence electrons. The third kappa shape index (κ3) is 4.69. The van der Waals surface area contributed by atoms with E-state index in [0.29, 0.717) is 0 Å². The van der Waals surface area contributed by atoms with Crippen LogP contribution < -0.4 is 5.73 Å². The smallest absolute Gasteiger partial charge is 0.239 e. The highest BCUT2D eigenvalue weighted by Gasteiger charge is 2.28. The molecule has 6 nitrogen and oxygen atoms in total. The maximum atomic E-state index is 12.3. The lowest BCUT2D eigenvalue weighted by Crippen LogP contribution is -2.54. The van der Waals surface area contributed by atoms with Gasteiger partial charge in [-0.05, 0) is 12.8 Å². The molecule has 2 atom stereocenters. The molecule has 2 N–H and O–H groups in total. The highest BCUT2D eigenvalue weighted by molar-refractivity contribution is 5.85. The Morgan fingerprint density at radius 1 is 1.41 bits per heavy atom. The quantitative estimate of drug-likeness (QED) is 0.883. The molecule has 0 spiro atoms. The molecule has 1 aromatic rings. The number of halogens is 1. The first kappa shape index (κ1) is 18.9. The van der Waals surface area contributed by atoms with Crippen LogP contribution in [0.5, 0.6) is 0 Å². The van der Waals surface area contributed by atoms with Gasteiger partial charge in [-0.25, -0.2) is 0 Å². The van der Waals surface area contributed by atoms with Crippen LogP contribution in [0.3, 0.4) is 0 Å². The van der Waals surface area contributed by atoms with Gasteiger partial charge in [0.05, 0.1) is 18.3 Å². The van der Waals surface area contributed by atoms with Crippen LogP contribution >= 0.6 is 12.4 Å². The van der Waals surface area contributed by atoms with Crippen molar-refractivity contribution < 1.29 is 9.32 Å². The molecule has 2 unspecified atom stereocenters. The van der Waals surface area contributed by atoms with E-state index >= 15 is 0 Å². The molecular formula is C15H27ClN4O2. The molecule has 0 saturated carbocycles. The van der Waals surface area contributed by atoms with Gasteiger partial charge in [-0.15, -0.1) is 12.4 Å². The average molecular weight is 331 g/mol. The van der Waals surface area contributed by atoms with Crippen molar-refractivity contribution >= 4 is 18.3 Å². The summed E-state index contributed by atoms with van der Waals surface area (Å²) in [4.78, 5) is 16.5. The lowest BCUT2D eigenvalue weighted by molar-refractivity contribution is -0.135. The number of aromatic nitrogens is 1. The van der Waals surface area contributed by atoms with Gasteiger partial charge in [-0.2, -0.15) is 0 Å². The second kappa shape index (κ2) is 8.50. The highest BCUT2D eigenvalue weighted by atomic mass is 35.5. The molecule has 1 saturated heterocycles. The third-order valence-corrected chi connectivity index (χ3v) is 4.28. The van der Waals surface area contributed by atoms with Gasteiger partial charge in [0.25, 0.3) is 0 Å². The van der Waals surface area contributed by atoms with E-state index in [1.54, 1.807) is 0 Å². The molecule has 2 rings (SSSR count). The molecule has 7 heteroatoms. The van der Waals surface area contributed by atoms with Crippen molar-refractivity contribution in [3.63, 3.8) is 0 Å². The van der Waals surface area contributed by atoms with Crippen LogP contribution in [0.4, 0.5) is 0 Å². The van der Waals surface area contributed by atoms with E-state index < -0.39 is 0 Å². The van der Waals surface area contributed by atoms with Gasteiger partial charge in [-0.3, -0.25) is 9.69 Å². The van der Waals surface area contributed by atoms with Crippen molar-refractivity contribution in [2.75, 3.05) is 26.2 Å². The molecule has 0 aliphatic carbocycles. The van der Waals surface area contributed by atoms with E-state index in [1.165, 1.54) is 0 Å². The molecule has 2 heterocycles. The first-order valence-corrected chi connectivity index (χ1v) is 7.70. The van der Waals surface area contributed by atoms with E-state index in [9.17, 15) is 4.79 Å². The number of nitrogens with zero attached hydrogens (tertiary/aromatic N) is 3. The van der Waals surface area contributed by atoms with Gasteiger partial charge in [0.1, 0.15) is 0 Å². The number of hydrogen-bond donors (Lipinski definition) is 1. The Bertz CT molecular complexity index is 472. The van der Waals surface area contributed by atoms with Gasteiger partial charge in [0.15, 0.2) is 5.76 Å². The van der Waals surface area contributed by atoms with Crippen LogP contribution in [0, 0.1) is 12.8 Å². The van der Waals surface area contributed by atoms with Gasteiger partial charge in [-0.1, -0.05) is 25.4 Å². The largest absolute Gasteiger partial charge is 0.360 e. The monoisotopic (exact) mass is 330 g/mol. The molecule has 0 aromatic carbocycles. The van der Waals surface area contributed by atoms with Gasteiger partial charge in [0, 0.05) is 32.2 Å². The van der Waals surface area contributed by atoms with Crippen molar-refractivity contribution in [2.24, 2.45) is 11.7 Å². The lowest BCUT2D eigenvalue weighted by atomic mass is 9.98. The molecule has 1 aliphatic heterocycles. The van der Waals surface area contributed by atoms with Crippen molar-refractivity contribution in [2.45, 2.75) is 39.8 Å². The Labute approximate surface area is 138 Å². The molecule has 0 radical (unpaired) electrons. The number of nitrogens with two attached hydrogens (primary N) is 1. The minimum Gasteiger partial charge on any atom is -0.360 e. The number of amides is 1. The van der Waals surface area contributed by atoms with Crippen LogP contribution in [-0.2, 0) is 11.3 Å².